The molecule has 92 valence electrons. The van der Waals surface area contributed by atoms with E-state index < -0.39 is 0 Å². The highest BCUT2D eigenvalue weighted by molar-refractivity contribution is 5.82. The van der Waals surface area contributed by atoms with E-state index in [4.69, 9.17) is 5.11 Å². The van der Waals surface area contributed by atoms with Crippen LogP contribution in [0.1, 0.15) is 45.4 Å². The second-order valence-electron chi connectivity index (χ2n) is 5.71. The van der Waals surface area contributed by atoms with Gasteiger partial charge in [0, 0.05) is 31.0 Å². The molecule has 1 saturated heterocycles. The standard InChI is InChI=1S/C13H23NO2/c1-13(6-3-2-4-7-13)12(16)14-8-5-11(9-14)10-15/h11,15H,2-10H2,1H3. The quantitative estimate of drug-likeness (QED) is 0.778. The van der Waals surface area contributed by atoms with E-state index in [0.717, 1.165) is 32.4 Å². The summed E-state index contributed by atoms with van der Waals surface area (Å²) >= 11 is 0. The maximum absolute atomic E-state index is 12.4. The van der Waals surface area contributed by atoms with Gasteiger partial charge in [-0.15, -0.1) is 0 Å². The number of nitrogens with zero attached hydrogens (tertiary/aromatic N) is 1. The molecule has 0 radical (unpaired) electrons. The van der Waals surface area contributed by atoms with Gasteiger partial charge in [0.25, 0.3) is 0 Å². The third-order valence-corrected chi connectivity index (χ3v) is 4.30. The molecule has 0 spiro atoms. The molecule has 1 unspecified atom stereocenters. The van der Waals surface area contributed by atoms with Crippen LogP contribution in [0.2, 0.25) is 0 Å². The Balaban J connectivity index is 1.96. The molecule has 1 aliphatic carbocycles. The Bertz CT molecular complexity index is 259. The molecule has 1 heterocycles. The van der Waals surface area contributed by atoms with E-state index in [-0.39, 0.29) is 12.0 Å². The van der Waals surface area contributed by atoms with Gasteiger partial charge >= 0.3 is 0 Å². The molecule has 2 rings (SSSR count). The molecule has 1 atom stereocenters. The van der Waals surface area contributed by atoms with Crippen molar-refractivity contribution in [2.75, 3.05) is 19.7 Å². The van der Waals surface area contributed by atoms with Crippen molar-refractivity contribution in [3.8, 4) is 0 Å². The van der Waals surface area contributed by atoms with Gasteiger partial charge in [-0.25, -0.2) is 0 Å². The molecule has 0 aromatic rings. The lowest BCUT2D eigenvalue weighted by atomic mass is 9.74. The number of amides is 1. The average molecular weight is 225 g/mol. The molecule has 1 aliphatic heterocycles. The highest BCUT2D eigenvalue weighted by Gasteiger charge is 2.39. The zero-order chi connectivity index (χ0) is 11.6. The Hall–Kier alpha value is -0.570. The van der Waals surface area contributed by atoms with Crippen molar-refractivity contribution in [1.82, 2.24) is 4.90 Å². The summed E-state index contributed by atoms with van der Waals surface area (Å²) in [4.78, 5) is 14.4. The van der Waals surface area contributed by atoms with Crippen LogP contribution in [0.4, 0.5) is 0 Å². The van der Waals surface area contributed by atoms with E-state index in [1.807, 2.05) is 4.90 Å². The Kier molecular flexibility index (Phi) is 3.53. The van der Waals surface area contributed by atoms with E-state index in [0.29, 0.717) is 11.8 Å². The number of aliphatic hydroxyl groups is 1. The lowest BCUT2D eigenvalue weighted by molar-refractivity contribution is -0.142. The van der Waals surface area contributed by atoms with Crippen LogP contribution in [-0.2, 0) is 4.79 Å². The Labute approximate surface area is 97.8 Å². The summed E-state index contributed by atoms with van der Waals surface area (Å²) < 4.78 is 0. The number of aliphatic hydroxyl groups excluding tert-OH is 1. The molecule has 0 bridgehead atoms. The SMILES string of the molecule is CC1(C(=O)N2CCC(CO)C2)CCCCC1. The van der Waals surface area contributed by atoms with Crippen LogP contribution >= 0.6 is 0 Å². The summed E-state index contributed by atoms with van der Waals surface area (Å²) in [6.07, 6.45) is 6.73. The van der Waals surface area contributed by atoms with Crippen molar-refractivity contribution < 1.29 is 9.90 Å². The highest BCUT2D eigenvalue weighted by atomic mass is 16.3. The fourth-order valence-electron chi connectivity index (χ4n) is 3.09. The fourth-order valence-corrected chi connectivity index (χ4v) is 3.09. The monoisotopic (exact) mass is 225 g/mol. The van der Waals surface area contributed by atoms with Crippen LogP contribution in [0.3, 0.4) is 0 Å². The summed E-state index contributed by atoms with van der Waals surface area (Å²) in [6, 6.07) is 0. The summed E-state index contributed by atoms with van der Waals surface area (Å²) in [5.41, 5.74) is -0.109. The topological polar surface area (TPSA) is 40.5 Å². The van der Waals surface area contributed by atoms with Gasteiger partial charge in [0.05, 0.1) is 0 Å². The number of hydrogen-bond acceptors (Lipinski definition) is 2. The molecule has 1 saturated carbocycles. The third kappa shape index (κ3) is 2.24. The molecule has 16 heavy (non-hydrogen) atoms. The number of carbonyl (C=O) groups excluding carboxylic acids is 1. The zero-order valence-electron chi connectivity index (χ0n) is 10.2. The molecular weight excluding hydrogens is 202 g/mol. The molecular formula is C13H23NO2. The first-order chi connectivity index (χ1) is 7.65. The summed E-state index contributed by atoms with van der Waals surface area (Å²) in [6.45, 7) is 3.96. The molecule has 1 N–H and O–H groups in total. The van der Waals surface area contributed by atoms with Gasteiger partial charge in [-0.3, -0.25) is 4.79 Å². The Morgan fingerprint density at radius 3 is 2.62 bits per heavy atom. The lowest BCUT2D eigenvalue weighted by Gasteiger charge is -2.35. The largest absolute Gasteiger partial charge is 0.396 e. The first kappa shape index (κ1) is 11.9. The van der Waals surface area contributed by atoms with Gasteiger partial charge in [-0.2, -0.15) is 0 Å². The van der Waals surface area contributed by atoms with E-state index in [9.17, 15) is 4.79 Å². The van der Waals surface area contributed by atoms with Crippen LogP contribution in [0.5, 0.6) is 0 Å². The molecule has 1 amide bonds. The molecule has 0 aromatic carbocycles. The molecule has 3 heteroatoms. The van der Waals surface area contributed by atoms with Crippen LogP contribution < -0.4 is 0 Å². The minimum atomic E-state index is -0.109. The number of likely N-dealkylation sites (tertiary alicyclic amines) is 1. The molecule has 3 nitrogen and oxygen atoms in total. The summed E-state index contributed by atoms with van der Waals surface area (Å²) in [5, 5.41) is 9.10. The van der Waals surface area contributed by atoms with Crippen molar-refractivity contribution in [2.45, 2.75) is 45.4 Å². The fraction of sp³-hybridized carbons (Fsp3) is 0.923. The first-order valence-electron chi connectivity index (χ1n) is 6.56. The number of hydrogen-bond donors (Lipinski definition) is 1. The van der Waals surface area contributed by atoms with Gasteiger partial charge in [0.1, 0.15) is 0 Å². The average Bonchev–Trinajstić information content (AvgIpc) is 2.77. The molecule has 2 aliphatic rings. The maximum atomic E-state index is 12.4. The second-order valence-corrected chi connectivity index (χ2v) is 5.71. The predicted molar refractivity (Wildman–Crippen MR) is 63.0 cm³/mol. The molecule has 2 fully saturated rings. The zero-order valence-corrected chi connectivity index (χ0v) is 10.2. The Morgan fingerprint density at radius 1 is 1.38 bits per heavy atom. The first-order valence-corrected chi connectivity index (χ1v) is 6.56. The van der Waals surface area contributed by atoms with Crippen molar-refractivity contribution in [3.63, 3.8) is 0 Å². The van der Waals surface area contributed by atoms with E-state index >= 15 is 0 Å². The van der Waals surface area contributed by atoms with Crippen LogP contribution in [0.15, 0.2) is 0 Å². The number of rotatable bonds is 2. The van der Waals surface area contributed by atoms with Crippen LogP contribution in [0.25, 0.3) is 0 Å². The number of carbonyl (C=O) groups is 1. The van der Waals surface area contributed by atoms with E-state index in [1.54, 1.807) is 0 Å². The highest BCUT2D eigenvalue weighted by Crippen LogP contribution is 2.38. The van der Waals surface area contributed by atoms with Gasteiger partial charge in [-0.05, 0) is 19.3 Å². The van der Waals surface area contributed by atoms with Gasteiger partial charge in [-0.1, -0.05) is 26.2 Å². The maximum Gasteiger partial charge on any atom is 0.228 e. The summed E-state index contributed by atoms with van der Waals surface area (Å²) in [7, 11) is 0. The van der Waals surface area contributed by atoms with E-state index in [2.05, 4.69) is 6.92 Å². The predicted octanol–water partition coefficient (Wildman–Crippen LogP) is 1.80. The molecule has 0 aromatic heterocycles. The summed E-state index contributed by atoms with van der Waals surface area (Å²) in [5.74, 6) is 0.652. The van der Waals surface area contributed by atoms with Crippen molar-refractivity contribution in [3.05, 3.63) is 0 Å². The van der Waals surface area contributed by atoms with Gasteiger partial charge in [0.2, 0.25) is 5.91 Å². The Morgan fingerprint density at radius 2 is 2.06 bits per heavy atom. The minimum absolute atomic E-state index is 0.109. The lowest BCUT2D eigenvalue weighted by Crippen LogP contribution is -2.42. The van der Waals surface area contributed by atoms with Crippen LogP contribution in [-0.4, -0.2) is 35.6 Å². The minimum Gasteiger partial charge on any atom is -0.396 e. The van der Waals surface area contributed by atoms with Crippen molar-refractivity contribution in [1.29, 1.82) is 0 Å². The van der Waals surface area contributed by atoms with Gasteiger partial charge in [0.15, 0.2) is 0 Å². The van der Waals surface area contributed by atoms with E-state index in [1.165, 1.54) is 19.3 Å². The van der Waals surface area contributed by atoms with Crippen molar-refractivity contribution >= 4 is 5.91 Å². The van der Waals surface area contributed by atoms with Crippen molar-refractivity contribution in [2.24, 2.45) is 11.3 Å². The normalized spacial score (nSPS) is 29.4. The second kappa shape index (κ2) is 4.74. The van der Waals surface area contributed by atoms with Gasteiger partial charge < -0.3 is 10.0 Å². The van der Waals surface area contributed by atoms with Crippen LogP contribution in [0, 0.1) is 11.3 Å². The third-order valence-electron chi connectivity index (χ3n) is 4.30. The smallest absolute Gasteiger partial charge is 0.228 e.